The van der Waals surface area contributed by atoms with Crippen LogP contribution in [-0.2, 0) is 11.3 Å². The van der Waals surface area contributed by atoms with Crippen molar-refractivity contribution in [3.8, 4) is 11.3 Å². The summed E-state index contributed by atoms with van der Waals surface area (Å²) < 4.78 is 13.1. The number of carbonyl (C=O) groups excluding carboxylic acids is 1. The molecule has 3 aromatic rings. The lowest BCUT2D eigenvalue weighted by Gasteiger charge is -2.13. The summed E-state index contributed by atoms with van der Waals surface area (Å²) in [6.07, 6.45) is 3.45. The predicted molar refractivity (Wildman–Crippen MR) is 88.9 cm³/mol. The van der Waals surface area contributed by atoms with Crippen molar-refractivity contribution in [2.45, 2.75) is 45.3 Å². The van der Waals surface area contributed by atoms with E-state index in [4.69, 9.17) is 15.0 Å². The van der Waals surface area contributed by atoms with Crippen molar-refractivity contribution in [1.82, 2.24) is 19.7 Å². The zero-order chi connectivity index (χ0) is 17.3. The van der Waals surface area contributed by atoms with Crippen LogP contribution in [0.25, 0.3) is 22.3 Å². The van der Waals surface area contributed by atoms with Gasteiger partial charge in [-0.25, -0.2) is 14.8 Å². The van der Waals surface area contributed by atoms with E-state index < -0.39 is 5.97 Å². The van der Waals surface area contributed by atoms with Crippen LogP contribution in [0.4, 0.5) is 5.82 Å². The topological polar surface area (TPSA) is 109 Å². The van der Waals surface area contributed by atoms with Crippen LogP contribution in [0, 0.1) is 0 Å². The molecule has 1 aliphatic carbocycles. The molecule has 5 rings (SSSR count). The number of nitrogens with two attached hydrogens (primary N) is 1. The Balaban J connectivity index is 1.91. The third kappa shape index (κ3) is 1.87. The van der Waals surface area contributed by atoms with Gasteiger partial charge >= 0.3 is 5.97 Å². The van der Waals surface area contributed by atoms with Gasteiger partial charge in [-0.15, -0.1) is 0 Å². The Morgan fingerprint density at radius 1 is 1.28 bits per heavy atom. The van der Waals surface area contributed by atoms with Crippen LogP contribution < -0.4 is 5.73 Å². The highest BCUT2D eigenvalue weighted by atomic mass is 16.5. The van der Waals surface area contributed by atoms with Crippen molar-refractivity contribution in [1.29, 1.82) is 0 Å². The summed E-state index contributed by atoms with van der Waals surface area (Å²) in [6, 6.07) is 0.107. The van der Waals surface area contributed by atoms with Gasteiger partial charge in [-0.05, 0) is 26.7 Å². The number of rotatable bonds is 2. The molecule has 4 heterocycles. The molecule has 128 valence electrons. The van der Waals surface area contributed by atoms with Gasteiger partial charge in [-0.1, -0.05) is 5.16 Å². The summed E-state index contributed by atoms with van der Waals surface area (Å²) >= 11 is 0. The summed E-state index contributed by atoms with van der Waals surface area (Å²) in [5.41, 5.74) is 9.36. The molecule has 25 heavy (non-hydrogen) atoms. The number of hydrogen-bond donors (Lipinski definition) is 1. The maximum atomic E-state index is 12.6. The van der Waals surface area contributed by atoms with E-state index in [2.05, 4.69) is 15.1 Å². The molecular formula is C17H17N5O3. The van der Waals surface area contributed by atoms with E-state index in [-0.39, 0.29) is 18.6 Å². The van der Waals surface area contributed by atoms with Gasteiger partial charge in [0.05, 0.1) is 11.1 Å². The Hall–Kier alpha value is -2.90. The van der Waals surface area contributed by atoms with Crippen LogP contribution in [0.2, 0.25) is 0 Å². The van der Waals surface area contributed by atoms with E-state index in [1.54, 1.807) is 0 Å². The third-order valence-corrected chi connectivity index (χ3v) is 4.88. The number of ether oxygens (including phenoxy) is 1. The van der Waals surface area contributed by atoms with Gasteiger partial charge in [-0.3, -0.25) is 0 Å². The van der Waals surface area contributed by atoms with Crippen LogP contribution in [-0.4, -0.2) is 25.7 Å². The Bertz CT molecular complexity index is 1030. The van der Waals surface area contributed by atoms with Crippen molar-refractivity contribution in [3.63, 3.8) is 0 Å². The molecule has 0 atom stereocenters. The molecule has 0 unspecified atom stereocenters. The number of esters is 1. The molecule has 0 radical (unpaired) electrons. The molecule has 8 nitrogen and oxygen atoms in total. The molecule has 0 amide bonds. The zero-order valence-corrected chi connectivity index (χ0v) is 13.9. The van der Waals surface area contributed by atoms with Gasteiger partial charge < -0.3 is 19.6 Å². The van der Waals surface area contributed by atoms with Gasteiger partial charge in [0, 0.05) is 17.5 Å². The average Bonchev–Trinajstić information content (AvgIpc) is 3.26. The Kier molecular flexibility index (Phi) is 2.78. The van der Waals surface area contributed by atoms with E-state index in [0.717, 1.165) is 24.1 Å². The standard InChI is InChI=1S/C17H17N5O3/c1-7(2)22-9-5-24-17(23)12-13(21-25-14(12)8-3-4-8)10(9)11-15(18)19-6-20-16(11)22/h6-8H,3-5H2,1-2H3,(H2,18,19,20). The lowest BCUT2D eigenvalue weighted by molar-refractivity contribution is 0.0466. The number of nitrogen functional groups attached to an aromatic ring is 1. The first-order valence-electron chi connectivity index (χ1n) is 8.38. The molecule has 0 aromatic carbocycles. The largest absolute Gasteiger partial charge is 0.455 e. The smallest absolute Gasteiger partial charge is 0.344 e. The summed E-state index contributed by atoms with van der Waals surface area (Å²) in [6.45, 7) is 4.23. The second-order valence-corrected chi connectivity index (χ2v) is 6.86. The zero-order valence-electron chi connectivity index (χ0n) is 13.9. The second kappa shape index (κ2) is 4.81. The van der Waals surface area contributed by atoms with Crippen LogP contribution >= 0.6 is 0 Å². The number of carbonyl (C=O) groups is 1. The highest BCUT2D eigenvalue weighted by molar-refractivity contribution is 6.08. The fourth-order valence-corrected chi connectivity index (χ4v) is 3.66. The first kappa shape index (κ1) is 14.4. The van der Waals surface area contributed by atoms with Gasteiger partial charge in [0.15, 0.2) is 5.76 Å². The van der Waals surface area contributed by atoms with Gasteiger partial charge in [-0.2, -0.15) is 0 Å². The highest BCUT2D eigenvalue weighted by Gasteiger charge is 2.40. The average molecular weight is 339 g/mol. The third-order valence-electron chi connectivity index (χ3n) is 4.88. The second-order valence-electron chi connectivity index (χ2n) is 6.86. The number of anilines is 1. The molecule has 1 fully saturated rings. The number of hydrogen-bond acceptors (Lipinski definition) is 7. The number of cyclic esters (lactones) is 1. The van der Waals surface area contributed by atoms with Crippen molar-refractivity contribution in [3.05, 3.63) is 23.3 Å². The Morgan fingerprint density at radius 3 is 2.80 bits per heavy atom. The van der Waals surface area contributed by atoms with E-state index in [1.165, 1.54) is 6.33 Å². The van der Waals surface area contributed by atoms with Crippen molar-refractivity contribution >= 4 is 22.8 Å². The normalized spacial score (nSPS) is 16.7. The molecule has 1 saturated carbocycles. The number of fused-ring (bicyclic) bond motifs is 5. The molecular weight excluding hydrogens is 322 g/mol. The monoisotopic (exact) mass is 339 g/mol. The molecule has 2 aliphatic rings. The molecule has 3 aromatic heterocycles. The van der Waals surface area contributed by atoms with Gasteiger partial charge in [0.25, 0.3) is 0 Å². The maximum Gasteiger partial charge on any atom is 0.344 e. The molecule has 0 saturated heterocycles. The van der Waals surface area contributed by atoms with Crippen LogP contribution in [0.5, 0.6) is 0 Å². The van der Waals surface area contributed by atoms with Crippen molar-refractivity contribution < 1.29 is 14.1 Å². The first-order chi connectivity index (χ1) is 12.1. The summed E-state index contributed by atoms with van der Waals surface area (Å²) in [5, 5.41) is 4.93. The van der Waals surface area contributed by atoms with Crippen LogP contribution in [0.3, 0.4) is 0 Å². The number of aromatic nitrogens is 4. The molecule has 2 N–H and O–H groups in total. The molecule has 1 aliphatic heterocycles. The fourth-order valence-electron chi connectivity index (χ4n) is 3.66. The predicted octanol–water partition coefficient (Wildman–Crippen LogP) is 2.80. The molecule has 0 bridgehead atoms. The van der Waals surface area contributed by atoms with E-state index in [0.29, 0.717) is 33.9 Å². The molecule has 8 heteroatoms. The minimum atomic E-state index is -0.395. The summed E-state index contributed by atoms with van der Waals surface area (Å²) in [4.78, 5) is 21.1. The van der Waals surface area contributed by atoms with Crippen molar-refractivity contribution in [2.75, 3.05) is 5.73 Å². The summed E-state index contributed by atoms with van der Waals surface area (Å²) in [7, 11) is 0. The van der Waals surface area contributed by atoms with E-state index >= 15 is 0 Å². The first-order valence-corrected chi connectivity index (χ1v) is 8.38. The minimum Gasteiger partial charge on any atom is -0.455 e. The maximum absolute atomic E-state index is 12.6. The number of nitrogens with zero attached hydrogens (tertiary/aromatic N) is 4. The van der Waals surface area contributed by atoms with Crippen LogP contribution in [0.1, 0.15) is 60.5 Å². The van der Waals surface area contributed by atoms with Crippen LogP contribution in [0.15, 0.2) is 10.9 Å². The Labute approximate surface area is 143 Å². The lowest BCUT2D eigenvalue weighted by atomic mass is 10.0. The minimum absolute atomic E-state index is 0.107. The van der Waals surface area contributed by atoms with E-state index in [9.17, 15) is 4.79 Å². The summed E-state index contributed by atoms with van der Waals surface area (Å²) in [5.74, 6) is 0.830. The molecule has 0 spiro atoms. The Morgan fingerprint density at radius 2 is 2.08 bits per heavy atom. The van der Waals surface area contributed by atoms with Gasteiger partial charge in [0.1, 0.15) is 35.7 Å². The quantitative estimate of drug-likeness (QED) is 0.715. The SMILES string of the molecule is CC(C)n1c2c(c3c(N)ncnc31)-c1noc(C3CC3)c1C(=O)OC2. The van der Waals surface area contributed by atoms with Gasteiger partial charge in [0.2, 0.25) is 0 Å². The van der Waals surface area contributed by atoms with E-state index in [1.807, 2.05) is 18.4 Å². The van der Waals surface area contributed by atoms with Crippen molar-refractivity contribution in [2.24, 2.45) is 0 Å². The fraction of sp³-hybridized carbons (Fsp3) is 0.412. The highest BCUT2D eigenvalue weighted by Crippen LogP contribution is 2.47. The lowest BCUT2D eigenvalue weighted by Crippen LogP contribution is -2.10.